The van der Waals surface area contributed by atoms with Gasteiger partial charge in [0.1, 0.15) is 0 Å². The summed E-state index contributed by atoms with van der Waals surface area (Å²) in [6.45, 7) is 0. The molecule has 1 aliphatic heterocycles. The van der Waals surface area contributed by atoms with Crippen LogP contribution in [-0.4, -0.2) is 0 Å². The summed E-state index contributed by atoms with van der Waals surface area (Å²) < 4.78 is 3.89. The number of nitrogens with zero attached hydrogens (tertiary/aromatic N) is 2. The van der Waals surface area contributed by atoms with Gasteiger partial charge in [-0.1, -0.05) is 30.3 Å². The zero-order valence-corrected chi connectivity index (χ0v) is 8.52. The third-order valence-corrected chi connectivity index (χ3v) is 3.01. The fourth-order valence-electron chi connectivity index (χ4n) is 1.07. The molecule has 4 heteroatoms. The van der Waals surface area contributed by atoms with Crippen molar-refractivity contribution in [1.29, 1.82) is 0 Å². The Morgan fingerprint density at radius 3 is 2.69 bits per heavy atom. The van der Waals surface area contributed by atoms with Crippen molar-refractivity contribution in [2.45, 2.75) is 6.42 Å². The van der Waals surface area contributed by atoms with Crippen molar-refractivity contribution in [3.63, 3.8) is 0 Å². The molecule has 0 saturated carbocycles. The zero-order chi connectivity index (χ0) is 8.93. The summed E-state index contributed by atoms with van der Waals surface area (Å²) >= 11 is 0. The summed E-state index contributed by atoms with van der Waals surface area (Å²) in [6, 6.07) is 10.3. The van der Waals surface area contributed by atoms with E-state index in [4.69, 9.17) is 0 Å². The van der Waals surface area contributed by atoms with E-state index in [-0.39, 0.29) is 0 Å². The van der Waals surface area contributed by atoms with E-state index in [0.29, 0.717) is 0 Å². The quantitative estimate of drug-likeness (QED) is 0.545. The van der Waals surface area contributed by atoms with Crippen LogP contribution in [0.4, 0.5) is 0 Å². The molecular formula is C9H8N2S2. The summed E-state index contributed by atoms with van der Waals surface area (Å²) in [5.74, 6) is 0. The molecule has 0 bridgehead atoms. The molecule has 1 aromatic rings. The van der Waals surface area contributed by atoms with E-state index in [1.165, 1.54) is 16.5 Å². The molecule has 0 atom stereocenters. The highest BCUT2D eigenvalue weighted by Gasteiger charge is 2.01. The molecule has 1 heterocycles. The maximum absolute atomic E-state index is 4.05. The van der Waals surface area contributed by atoms with Gasteiger partial charge in [-0.25, -0.2) is 0 Å². The first-order chi connectivity index (χ1) is 6.45. The second kappa shape index (κ2) is 4.48. The van der Waals surface area contributed by atoms with Crippen molar-refractivity contribution < 1.29 is 0 Å². The zero-order valence-electron chi connectivity index (χ0n) is 6.88. The summed E-state index contributed by atoms with van der Waals surface area (Å²) in [5, 5.41) is 6.10. The predicted molar refractivity (Wildman–Crippen MR) is 58.3 cm³/mol. The molecule has 0 N–H and O–H groups in total. The van der Waals surface area contributed by atoms with Gasteiger partial charge in [0.15, 0.2) is 0 Å². The average molecular weight is 208 g/mol. The van der Waals surface area contributed by atoms with Gasteiger partial charge < -0.3 is 0 Å². The van der Waals surface area contributed by atoms with Gasteiger partial charge in [-0.05, 0) is 16.4 Å². The molecule has 0 spiro atoms. The van der Waals surface area contributed by atoms with Crippen molar-refractivity contribution in [2.24, 2.45) is 9.63 Å². The minimum Gasteiger partial charge on any atom is -0.146 e. The molecule has 13 heavy (non-hydrogen) atoms. The van der Waals surface area contributed by atoms with Gasteiger partial charge in [0.05, 0.1) is 16.7 Å². The topological polar surface area (TPSA) is 24.7 Å². The Morgan fingerprint density at radius 1 is 1.15 bits per heavy atom. The highest BCUT2D eigenvalue weighted by molar-refractivity contribution is 8.77. The van der Waals surface area contributed by atoms with Crippen molar-refractivity contribution in [3.05, 3.63) is 47.0 Å². The van der Waals surface area contributed by atoms with Gasteiger partial charge in [-0.2, -0.15) is 0 Å². The summed E-state index contributed by atoms with van der Waals surface area (Å²) in [6.07, 6.45) is 0.873. The first-order valence-corrected chi connectivity index (χ1v) is 6.08. The Morgan fingerprint density at radius 2 is 2.00 bits per heavy atom. The van der Waals surface area contributed by atoms with Crippen LogP contribution in [-0.2, 0) is 6.42 Å². The number of rotatable bonds is 2. The minimum absolute atomic E-state index is 0.873. The van der Waals surface area contributed by atoms with Crippen LogP contribution in [0.5, 0.6) is 0 Å². The molecule has 0 radical (unpaired) electrons. The van der Waals surface area contributed by atoms with Gasteiger partial charge in [0.25, 0.3) is 0 Å². The smallest absolute Gasteiger partial charge is 0.0753 e. The summed E-state index contributed by atoms with van der Waals surface area (Å²) in [5.41, 5.74) is 2.31. The van der Waals surface area contributed by atoms with Crippen LogP contribution in [0.15, 0.2) is 51.1 Å². The SMILES string of the molecule is C1=C(Cc2ccccc2)N=NSS1. The Bertz CT molecular complexity index is 333. The third kappa shape index (κ3) is 2.60. The Balaban J connectivity index is 2.06. The number of benzene rings is 1. The summed E-state index contributed by atoms with van der Waals surface area (Å²) in [7, 11) is 3.02. The van der Waals surface area contributed by atoms with E-state index < -0.39 is 0 Å². The molecule has 2 nitrogen and oxygen atoms in total. The van der Waals surface area contributed by atoms with Crippen molar-refractivity contribution in [1.82, 2.24) is 0 Å². The van der Waals surface area contributed by atoms with Gasteiger partial charge in [0, 0.05) is 11.8 Å². The van der Waals surface area contributed by atoms with Gasteiger partial charge in [-0.3, -0.25) is 0 Å². The monoisotopic (exact) mass is 208 g/mol. The first-order valence-electron chi connectivity index (χ1n) is 3.92. The maximum atomic E-state index is 4.05. The van der Waals surface area contributed by atoms with Crippen molar-refractivity contribution in [2.75, 3.05) is 0 Å². The lowest BCUT2D eigenvalue weighted by molar-refractivity contribution is 1.06. The lowest BCUT2D eigenvalue weighted by Gasteiger charge is -2.03. The molecule has 0 amide bonds. The van der Waals surface area contributed by atoms with E-state index in [9.17, 15) is 0 Å². The lowest BCUT2D eigenvalue weighted by Crippen LogP contribution is -1.87. The van der Waals surface area contributed by atoms with Crippen LogP contribution in [0, 0.1) is 0 Å². The Hall–Kier alpha value is -0.740. The average Bonchev–Trinajstić information content (AvgIpc) is 2.21. The molecule has 0 aromatic heterocycles. The highest BCUT2D eigenvalue weighted by atomic mass is 33.1. The molecule has 0 fully saturated rings. The van der Waals surface area contributed by atoms with E-state index in [1.54, 1.807) is 10.8 Å². The Labute approximate surface area is 85.1 Å². The van der Waals surface area contributed by atoms with E-state index >= 15 is 0 Å². The molecule has 1 aliphatic rings. The molecule has 1 aromatic carbocycles. The number of allylic oxidation sites excluding steroid dienone is 1. The van der Waals surface area contributed by atoms with Crippen LogP contribution >= 0.6 is 21.8 Å². The van der Waals surface area contributed by atoms with Crippen molar-refractivity contribution in [3.8, 4) is 0 Å². The normalized spacial score (nSPS) is 15.5. The van der Waals surface area contributed by atoms with E-state index in [0.717, 1.165) is 12.1 Å². The second-order valence-corrected chi connectivity index (χ2v) is 4.39. The summed E-state index contributed by atoms with van der Waals surface area (Å²) in [4.78, 5) is 0. The van der Waals surface area contributed by atoms with Crippen LogP contribution in [0.1, 0.15) is 5.56 Å². The van der Waals surface area contributed by atoms with Gasteiger partial charge >= 0.3 is 0 Å². The van der Waals surface area contributed by atoms with Crippen LogP contribution in [0.25, 0.3) is 0 Å². The molecule has 0 unspecified atom stereocenters. The molecule has 0 saturated heterocycles. The second-order valence-electron chi connectivity index (χ2n) is 2.62. The van der Waals surface area contributed by atoms with Crippen molar-refractivity contribution >= 4 is 21.8 Å². The maximum Gasteiger partial charge on any atom is 0.0753 e. The number of hydrogen-bond donors (Lipinski definition) is 0. The van der Waals surface area contributed by atoms with Gasteiger partial charge in [0.2, 0.25) is 0 Å². The van der Waals surface area contributed by atoms with Crippen LogP contribution in [0.2, 0.25) is 0 Å². The molecule has 66 valence electrons. The Kier molecular flexibility index (Phi) is 3.05. The fraction of sp³-hybridized carbons (Fsp3) is 0.111. The van der Waals surface area contributed by atoms with E-state index in [2.05, 4.69) is 21.8 Å². The van der Waals surface area contributed by atoms with Gasteiger partial charge in [-0.15, -0.1) is 9.63 Å². The predicted octanol–water partition coefficient (Wildman–Crippen LogP) is 3.83. The number of hydrogen-bond acceptors (Lipinski definition) is 4. The minimum atomic E-state index is 0.873. The molecular weight excluding hydrogens is 200 g/mol. The standard InChI is InChI=1S/C9H8N2S2/c1-2-4-8(5-3-1)6-9-7-12-13-11-10-9/h1-5,7H,6H2. The molecule has 0 aliphatic carbocycles. The fourth-order valence-corrected chi connectivity index (χ4v) is 2.21. The molecule has 2 rings (SSSR count). The third-order valence-electron chi connectivity index (χ3n) is 1.66. The highest BCUT2D eigenvalue weighted by Crippen LogP contribution is 2.31. The van der Waals surface area contributed by atoms with E-state index in [1.807, 2.05) is 23.6 Å². The lowest BCUT2D eigenvalue weighted by atomic mass is 10.1. The largest absolute Gasteiger partial charge is 0.146 e. The first kappa shape index (κ1) is 8.84. The van der Waals surface area contributed by atoms with Crippen LogP contribution in [0.3, 0.4) is 0 Å². The van der Waals surface area contributed by atoms with Crippen LogP contribution < -0.4 is 0 Å².